The molecule has 0 radical (unpaired) electrons. The van der Waals surface area contributed by atoms with Crippen LogP contribution in [0.25, 0.3) is 11.1 Å². The summed E-state index contributed by atoms with van der Waals surface area (Å²) in [6.07, 6.45) is 1.37. The Morgan fingerprint density at radius 3 is 0.927 bits per heavy atom. The summed E-state index contributed by atoms with van der Waals surface area (Å²) in [4.78, 5) is 0. The molecule has 0 aliphatic heterocycles. The van der Waals surface area contributed by atoms with Crippen molar-refractivity contribution in [3.05, 3.63) is 140 Å². The van der Waals surface area contributed by atoms with Gasteiger partial charge in [0.05, 0.1) is 0 Å². The molecule has 6 rings (SSSR count). The molecule has 0 heterocycles. The minimum absolute atomic E-state index is 0.167. The van der Waals surface area contributed by atoms with Gasteiger partial charge in [0.15, 0.2) is 0 Å². The summed E-state index contributed by atoms with van der Waals surface area (Å²) in [6, 6.07) is 25.7. The van der Waals surface area contributed by atoms with Gasteiger partial charge in [-0.2, -0.15) is 0 Å². The van der Waals surface area contributed by atoms with Crippen molar-refractivity contribution in [2.24, 2.45) is 0 Å². The summed E-state index contributed by atoms with van der Waals surface area (Å²) >= 11 is 0. The van der Waals surface area contributed by atoms with Crippen LogP contribution in [0.2, 0.25) is 0 Å². The Morgan fingerprint density at radius 1 is 0.366 bits per heavy atom. The SMILES string of the molecule is Cc1cc2c(O)c(c1)Cc1cc(C)cc(c1O)Cc1cc(-c3ccccc3)cc(c1O)Cc1cc(C)cc(c1O)C2. The number of phenols is 4. The maximum absolute atomic E-state index is 11.6. The molecule has 0 aromatic heterocycles. The van der Waals surface area contributed by atoms with E-state index in [1.54, 1.807) is 0 Å². The van der Waals surface area contributed by atoms with Gasteiger partial charge in [0.1, 0.15) is 23.0 Å². The van der Waals surface area contributed by atoms with Gasteiger partial charge in [-0.25, -0.2) is 0 Å². The van der Waals surface area contributed by atoms with Gasteiger partial charge >= 0.3 is 0 Å². The monoisotopic (exact) mass is 542 g/mol. The van der Waals surface area contributed by atoms with Crippen LogP contribution in [0.1, 0.15) is 61.2 Å². The largest absolute Gasteiger partial charge is 0.507 e. The summed E-state index contributed by atoms with van der Waals surface area (Å²) in [5, 5.41) is 45.9. The molecule has 0 saturated carbocycles. The van der Waals surface area contributed by atoms with E-state index < -0.39 is 0 Å². The van der Waals surface area contributed by atoms with Crippen LogP contribution in [0, 0.1) is 20.8 Å². The topological polar surface area (TPSA) is 80.9 Å². The first-order valence-corrected chi connectivity index (χ1v) is 14.0. The number of benzene rings is 5. The third kappa shape index (κ3) is 5.14. The molecular formula is C37H34O4. The zero-order valence-corrected chi connectivity index (χ0v) is 23.6. The van der Waals surface area contributed by atoms with Crippen molar-refractivity contribution in [3.8, 4) is 34.1 Å². The molecule has 0 fully saturated rings. The predicted molar refractivity (Wildman–Crippen MR) is 163 cm³/mol. The number of rotatable bonds is 1. The normalized spacial score (nSPS) is 12.8. The maximum Gasteiger partial charge on any atom is 0.122 e. The van der Waals surface area contributed by atoms with Crippen LogP contribution in [0.5, 0.6) is 23.0 Å². The van der Waals surface area contributed by atoms with Crippen molar-refractivity contribution >= 4 is 0 Å². The standard InChI is InChI=1S/C37H34O4/c1-21-9-26-17-28-11-22(2)13-30(35(28)39)19-32-15-25(24-7-5-4-6-8-24)16-33(37(32)41)20-31-14-23(3)12-29(36(31)40)18-27(10-21)34(26)38/h4-16,38-41H,17-20H2,1-3H3. The second-order valence-corrected chi connectivity index (χ2v) is 11.5. The number of phenolic OH excluding ortho intramolecular Hbond substituents is 4. The fourth-order valence-corrected chi connectivity index (χ4v) is 6.26. The Kier molecular flexibility index (Phi) is 6.70. The van der Waals surface area contributed by atoms with Crippen molar-refractivity contribution < 1.29 is 20.4 Å². The number of hydrogen-bond donors (Lipinski definition) is 4. The Labute approximate surface area is 240 Å². The van der Waals surface area contributed by atoms with Gasteiger partial charge < -0.3 is 20.4 Å². The lowest BCUT2D eigenvalue weighted by Gasteiger charge is -2.19. The van der Waals surface area contributed by atoms with Crippen molar-refractivity contribution in [2.45, 2.75) is 46.5 Å². The van der Waals surface area contributed by atoms with Crippen molar-refractivity contribution in [1.82, 2.24) is 0 Å². The molecule has 41 heavy (non-hydrogen) atoms. The smallest absolute Gasteiger partial charge is 0.122 e. The highest BCUT2D eigenvalue weighted by atomic mass is 16.3. The lowest BCUT2D eigenvalue weighted by atomic mass is 9.88. The van der Waals surface area contributed by atoms with Crippen molar-refractivity contribution in [1.29, 1.82) is 0 Å². The fraction of sp³-hybridized carbons (Fsp3) is 0.189. The number of fused-ring (bicyclic) bond motifs is 8. The summed E-state index contributed by atoms with van der Waals surface area (Å²) in [5.74, 6) is 0.701. The van der Waals surface area contributed by atoms with Crippen molar-refractivity contribution in [2.75, 3.05) is 0 Å². The number of aryl methyl sites for hydroxylation is 3. The van der Waals surface area contributed by atoms with Gasteiger partial charge in [-0.3, -0.25) is 0 Å². The van der Waals surface area contributed by atoms with Crippen LogP contribution in [0.15, 0.2) is 78.9 Å². The molecule has 0 atom stereocenters. The molecular weight excluding hydrogens is 508 g/mol. The quantitative estimate of drug-likeness (QED) is 0.171. The number of aromatic hydroxyl groups is 4. The summed E-state index contributed by atoms with van der Waals surface area (Å²) in [7, 11) is 0. The Bertz CT molecular complexity index is 1700. The van der Waals surface area contributed by atoms with Crippen LogP contribution in [-0.2, 0) is 25.7 Å². The van der Waals surface area contributed by atoms with E-state index in [-0.39, 0.29) is 23.0 Å². The van der Waals surface area contributed by atoms with E-state index in [0.717, 1.165) is 50.1 Å². The van der Waals surface area contributed by atoms with Crippen LogP contribution in [0.4, 0.5) is 0 Å². The highest BCUT2D eigenvalue weighted by Gasteiger charge is 2.21. The molecule has 0 amide bonds. The third-order valence-corrected chi connectivity index (χ3v) is 8.13. The molecule has 4 nitrogen and oxygen atoms in total. The lowest BCUT2D eigenvalue weighted by Crippen LogP contribution is -2.02. The molecule has 0 saturated heterocycles. The van der Waals surface area contributed by atoms with Crippen LogP contribution < -0.4 is 0 Å². The lowest BCUT2D eigenvalue weighted by molar-refractivity contribution is 0.450. The van der Waals surface area contributed by atoms with Crippen LogP contribution >= 0.6 is 0 Å². The highest BCUT2D eigenvalue weighted by molar-refractivity contribution is 5.69. The second-order valence-electron chi connectivity index (χ2n) is 11.5. The van der Waals surface area contributed by atoms with Gasteiger partial charge in [-0.05, 0) is 88.5 Å². The molecule has 5 aromatic carbocycles. The summed E-state index contributed by atoms with van der Waals surface area (Å²) < 4.78 is 0. The first-order chi connectivity index (χ1) is 19.7. The molecule has 206 valence electrons. The molecule has 0 spiro atoms. The van der Waals surface area contributed by atoms with Gasteiger partial charge in [-0.1, -0.05) is 83.4 Å². The van der Waals surface area contributed by atoms with E-state index in [0.29, 0.717) is 47.9 Å². The average Bonchev–Trinajstić information content (AvgIpc) is 2.93. The van der Waals surface area contributed by atoms with E-state index in [9.17, 15) is 20.4 Å². The average molecular weight is 543 g/mol. The molecule has 1 aliphatic carbocycles. The minimum atomic E-state index is 0.167. The van der Waals surface area contributed by atoms with Gasteiger partial charge in [0.25, 0.3) is 0 Å². The summed E-state index contributed by atoms with van der Waals surface area (Å²) in [5.41, 5.74) is 10.7. The molecule has 1 aliphatic rings. The Balaban J connectivity index is 1.62. The number of hydrogen-bond acceptors (Lipinski definition) is 4. The molecule has 5 aromatic rings. The maximum atomic E-state index is 11.6. The molecule has 4 N–H and O–H groups in total. The van der Waals surface area contributed by atoms with Gasteiger partial charge in [0, 0.05) is 25.7 Å². The highest BCUT2D eigenvalue weighted by Crippen LogP contribution is 2.40. The molecule has 4 heteroatoms. The first kappa shape index (κ1) is 26.5. The minimum Gasteiger partial charge on any atom is -0.507 e. The Morgan fingerprint density at radius 2 is 0.634 bits per heavy atom. The zero-order chi connectivity index (χ0) is 28.8. The molecule has 8 bridgehead atoms. The van der Waals surface area contributed by atoms with Gasteiger partial charge in [-0.15, -0.1) is 0 Å². The van der Waals surface area contributed by atoms with E-state index in [1.165, 1.54) is 0 Å². The fourth-order valence-electron chi connectivity index (χ4n) is 6.26. The van der Waals surface area contributed by atoms with E-state index in [1.807, 2.05) is 99.6 Å². The summed E-state index contributed by atoms with van der Waals surface area (Å²) in [6.45, 7) is 5.98. The second kappa shape index (κ2) is 10.4. The molecule has 0 unspecified atom stereocenters. The zero-order valence-electron chi connectivity index (χ0n) is 23.6. The Hall–Kier alpha value is -4.70. The van der Waals surface area contributed by atoms with Crippen LogP contribution in [-0.4, -0.2) is 20.4 Å². The predicted octanol–water partition coefficient (Wildman–Crippen LogP) is 7.78. The first-order valence-electron chi connectivity index (χ1n) is 14.0. The van der Waals surface area contributed by atoms with E-state index in [4.69, 9.17) is 0 Å². The van der Waals surface area contributed by atoms with Crippen LogP contribution in [0.3, 0.4) is 0 Å². The van der Waals surface area contributed by atoms with E-state index in [2.05, 4.69) is 0 Å². The van der Waals surface area contributed by atoms with Gasteiger partial charge in [0.2, 0.25) is 0 Å². The van der Waals surface area contributed by atoms with E-state index >= 15 is 0 Å². The third-order valence-electron chi connectivity index (χ3n) is 8.13. The van der Waals surface area contributed by atoms with Crippen molar-refractivity contribution in [3.63, 3.8) is 0 Å².